The Labute approximate surface area is 194 Å². The van der Waals surface area contributed by atoms with Crippen LogP contribution < -0.4 is 0 Å². The molecule has 3 fully saturated rings. The summed E-state index contributed by atoms with van der Waals surface area (Å²) in [6.07, 6.45) is 8.04. The predicted octanol–water partition coefficient (Wildman–Crippen LogP) is 3.13. The van der Waals surface area contributed by atoms with Crippen LogP contribution in [0.4, 0.5) is 0 Å². The normalized spacial score (nSPS) is 42.5. The third-order valence-corrected chi connectivity index (χ3v) is 9.26. The maximum atomic E-state index is 13.1. The lowest BCUT2D eigenvalue weighted by atomic mass is 9.46. The number of alkyl halides is 1. The molecule has 0 bridgehead atoms. The van der Waals surface area contributed by atoms with Gasteiger partial charge in [-0.15, -0.1) is 11.6 Å². The second-order valence-electron chi connectivity index (χ2n) is 10.5. The molecule has 0 aromatic carbocycles. The van der Waals surface area contributed by atoms with Gasteiger partial charge in [0.15, 0.2) is 12.4 Å². The largest absolute Gasteiger partial charge is 0.458 e. The van der Waals surface area contributed by atoms with Crippen molar-refractivity contribution >= 4 is 29.1 Å². The molecule has 0 amide bonds. The molecule has 0 spiro atoms. The Morgan fingerprint density at radius 3 is 2.75 bits per heavy atom. The minimum atomic E-state index is -1.63. The molecule has 0 saturated heterocycles. The number of aliphatic hydroxyl groups excluding tert-OH is 1. The summed E-state index contributed by atoms with van der Waals surface area (Å²) in [5, 5.41) is 22.9. The number of ether oxygens (including phenoxy) is 1. The molecule has 1 unspecified atom stereocenters. The third-order valence-electron chi connectivity index (χ3n) is 8.99. The molecule has 176 valence electrons. The first kappa shape index (κ1) is 23.7. The molecule has 7 atom stereocenters. The van der Waals surface area contributed by atoms with Gasteiger partial charge in [0, 0.05) is 29.0 Å². The smallest absolute Gasteiger partial charge is 0.306 e. The number of carbonyl (C=O) groups excluding carboxylic acids is 3. The number of ketones is 2. The number of aliphatic hydroxyl groups is 2. The van der Waals surface area contributed by atoms with Crippen LogP contribution in [0.25, 0.3) is 0 Å². The van der Waals surface area contributed by atoms with E-state index < -0.39 is 35.5 Å². The van der Waals surface area contributed by atoms with Crippen molar-refractivity contribution in [2.75, 3.05) is 12.5 Å². The van der Waals surface area contributed by atoms with Gasteiger partial charge in [-0.2, -0.15) is 0 Å². The molecule has 3 saturated carbocycles. The van der Waals surface area contributed by atoms with Gasteiger partial charge in [-0.25, -0.2) is 0 Å². The highest BCUT2D eigenvalue weighted by molar-refractivity contribution is 6.17. The van der Waals surface area contributed by atoms with E-state index in [-0.39, 0.29) is 35.4 Å². The maximum absolute atomic E-state index is 13.1. The van der Waals surface area contributed by atoms with Gasteiger partial charge in [-0.3, -0.25) is 14.4 Å². The number of fused-ring (bicyclic) bond motifs is 5. The lowest BCUT2D eigenvalue weighted by Gasteiger charge is -2.59. The van der Waals surface area contributed by atoms with Crippen LogP contribution in [-0.2, 0) is 19.1 Å². The molecule has 4 aliphatic rings. The van der Waals surface area contributed by atoms with E-state index in [0.717, 1.165) is 18.4 Å². The molecule has 4 aliphatic carbocycles. The van der Waals surface area contributed by atoms with Gasteiger partial charge in [0.25, 0.3) is 0 Å². The lowest BCUT2D eigenvalue weighted by Crippen LogP contribution is -2.61. The highest BCUT2D eigenvalue weighted by atomic mass is 35.5. The van der Waals surface area contributed by atoms with Crippen molar-refractivity contribution in [3.8, 4) is 0 Å². The van der Waals surface area contributed by atoms with Crippen molar-refractivity contribution in [1.29, 1.82) is 0 Å². The molecule has 0 aromatic rings. The molecule has 0 aromatic heterocycles. The van der Waals surface area contributed by atoms with E-state index in [9.17, 15) is 24.6 Å². The summed E-state index contributed by atoms with van der Waals surface area (Å²) in [4.78, 5) is 36.9. The number of rotatable bonds is 6. The molecule has 7 heteroatoms. The van der Waals surface area contributed by atoms with E-state index in [4.69, 9.17) is 16.3 Å². The second kappa shape index (κ2) is 8.37. The summed E-state index contributed by atoms with van der Waals surface area (Å²) >= 11 is 5.60. The molecule has 0 heterocycles. The number of allylic oxidation sites excluding steroid dienone is 4. The van der Waals surface area contributed by atoms with Crippen LogP contribution in [0.5, 0.6) is 0 Å². The van der Waals surface area contributed by atoms with Crippen molar-refractivity contribution in [3.05, 3.63) is 23.8 Å². The van der Waals surface area contributed by atoms with Crippen LogP contribution in [0.1, 0.15) is 58.8 Å². The fourth-order valence-corrected chi connectivity index (χ4v) is 7.47. The van der Waals surface area contributed by atoms with Gasteiger partial charge < -0.3 is 14.9 Å². The number of carbonyl (C=O) groups is 3. The Bertz CT molecular complexity index is 880. The van der Waals surface area contributed by atoms with Gasteiger partial charge in [0.1, 0.15) is 5.60 Å². The number of hydrogen-bond acceptors (Lipinski definition) is 6. The van der Waals surface area contributed by atoms with E-state index in [0.29, 0.717) is 31.6 Å². The maximum Gasteiger partial charge on any atom is 0.306 e. The van der Waals surface area contributed by atoms with Gasteiger partial charge in [0.2, 0.25) is 5.78 Å². The molecule has 0 aliphatic heterocycles. The van der Waals surface area contributed by atoms with E-state index >= 15 is 0 Å². The molecule has 2 N–H and O–H groups in total. The number of halogens is 1. The van der Waals surface area contributed by atoms with Gasteiger partial charge in [-0.05, 0) is 62.5 Å². The molecule has 6 nitrogen and oxygen atoms in total. The number of esters is 1. The fourth-order valence-electron chi connectivity index (χ4n) is 7.34. The zero-order valence-electron chi connectivity index (χ0n) is 18.8. The van der Waals surface area contributed by atoms with Crippen molar-refractivity contribution in [1.82, 2.24) is 0 Å². The summed E-state index contributed by atoms with van der Waals surface area (Å²) in [6.45, 7) is 3.54. The first-order chi connectivity index (χ1) is 15.1. The standard InChI is InChI=1S/C25H33ClO6/c1-23-9-7-16(27)12-15(23)5-6-17-18-8-10-25(31,24(18,2)13-19(28)22(17)23)20(29)14-32-21(30)4-3-11-26/h7,9,12,17-19,22,28,31H,3-6,8,10-11,13-14H2,1-2H3/t17-,18-,19?,22+,23-,24-,25-/m0/s1. The molecular weight excluding hydrogens is 432 g/mol. The van der Waals surface area contributed by atoms with E-state index in [1.165, 1.54) is 0 Å². The predicted molar refractivity (Wildman–Crippen MR) is 119 cm³/mol. The topological polar surface area (TPSA) is 101 Å². The number of Topliss-reactive ketones (excluding diaryl/α,β-unsaturated/α-hetero) is 1. The first-order valence-corrected chi connectivity index (χ1v) is 12.2. The Hall–Kier alpha value is -1.50. The van der Waals surface area contributed by atoms with E-state index in [1.54, 1.807) is 12.2 Å². The zero-order valence-corrected chi connectivity index (χ0v) is 19.6. The molecule has 0 radical (unpaired) electrons. The van der Waals surface area contributed by atoms with Gasteiger partial charge in [-0.1, -0.05) is 25.5 Å². The van der Waals surface area contributed by atoms with Crippen molar-refractivity contribution < 1.29 is 29.3 Å². The summed E-state index contributed by atoms with van der Waals surface area (Å²) in [6, 6.07) is 0. The zero-order chi connectivity index (χ0) is 23.3. The van der Waals surface area contributed by atoms with Crippen molar-refractivity contribution in [3.63, 3.8) is 0 Å². The molecule has 32 heavy (non-hydrogen) atoms. The highest BCUT2D eigenvalue weighted by Crippen LogP contribution is 2.67. The summed E-state index contributed by atoms with van der Waals surface area (Å²) in [7, 11) is 0. The second-order valence-corrected chi connectivity index (χ2v) is 10.9. The van der Waals surface area contributed by atoms with Crippen molar-refractivity contribution in [2.24, 2.45) is 28.6 Å². The third kappa shape index (κ3) is 3.50. The van der Waals surface area contributed by atoms with Crippen LogP contribution in [0, 0.1) is 28.6 Å². The Morgan fingerprint density at radius 2 is 2.03 bits per heavy atom. The van der Waals surface area contributed by atoms with Crippen molar-refractivity contribution in [2.45, 2.75) is 70.5 Å². The SMILES string of the molecule is C[C@]12C=CC(=O)C=C1CC[C@@H]1[C@@H]2C(O)C[C@@]2(C)[C@H]1CC[C@]2(O)C(=O)COC(=O)CCCCl. The first-order valence-electron chi connectivity index (χ1n) is 11.7. The fraction of sp³-hybridized carbons (Fsp3) is 0.720. The van der Waals surface area contributed by atoms with Crippen LogP contribution in [-0.4, -0.2) is 51.9 Å². The van der Waals surface area contributed by atoms with Gasteiger partial charge >= 0.3 is 5.97 Å². The van der Waals surface area contributed by atoms with Gasteiger partial charge in [0.05, 0.1) is 6.10 Å². The summed E-state index contributed by atoms with van der Waals surface area (Å²) < 4.78 is 5.12. The van der Waals surface area contributed by atoms with Crippen LogP contribution >= 0.6 is 11.6 Å². The van der Waals surface area contributed by atoms with E-state index in [1.807, 2.05) is 13.0 Å². The monoisotopic (exact) mass is 464 g/mol. The summed E-state index contributed by atoms with van der Waals surface area (Å²) in [5.74, 6) is -0.504. The van der Waals surface area contributed by atoms with E-state index in [2.05, 4.69) is 6.92 Å². The minimum absolute atomic E-state index is 0.00695. The Balaban J connectivity index is 1.56. The average molecular weight is 465 g/mol. The van der Waals surface area contributed by atoms with Crippen LogP contribution in [0.2, 0.25) is 0 Å². The minimum Gasteiger partial charge on any atom is -0.458 e. The van der Waals surface area contributed by atoms with Crippen LogP contribution in [0.15, 0.2) is 23.8 Å². The Morgan fingerprint density at radius 1 is 1.28 bits per heavy atom. The lowest BCUT2D eigenvalue weighted by molar-refractivity contribution is -0.181. The Kier molecular flexibility index (Phi) is 6.19. The quantitative estimate of drug-likeness (QED) is 0.462. The molecular formula is C25H33ClO6. The van der Waals surface area contributed by atoms with Crippen LogP contribution in [0.3, 0.4) is 0 Å². The summed E-state index contributed by atoms with van der Waals surface area (Å²) in [5.41, 5.74) is -1.74. The number of hydrogen-bond donors (Lipinski definition) is 2. The molecule has 4 rings (SSSR count). The average Bonchev–Trinajstić information content (AvgIpc) is 3.02. The highest BCUT2D eigenvalue weighted by Gasteiger charge is 2.68.